The van der Waals surface area contributed by atoms with Crippen LogP contribution in [0.4, 0.5) is 5.69 Å². The number of thiazole rings is 1. The van der Waals surface area contributed by atoms with Crippen molar-refractivity contribution in [2.75, 3.05) is 12.4 Å². The van der Waals surface area contributed by atoms with Gasteiger partial charge in [-0.05, 0) is 48.2 Å². The van der Waals surface area contributed by atoms with Crippen molar-refractivity contribution in [3.05, 3.63) is 81.5 Å². The Labute approximate surface area is 178 Å². The first kappa shape index (κ1) is 19.8. The maximum absolute atomic E-state index is 12.6. The van der Waals surface area contributed by atoms with Crippen molar-refractivity contribution in [2.24, 2.45) is 0 Å². The summed E-state index contributed by atoms with van der Waals surface area (Å²) < 4.78 is 1.22. The Kier molecular flexibility index (Phi) is 6.04. The largest absolute Gasteiger partial charge is 0.323 e. The molecule has 0 aliphatic heterocycles. The van der Waals surface area contributed by atoms with Crippen molar-refractivity contribution in [3.63, 3.8) is 0 Å². The van der Waals surface area contributed by atoms with E-state index in [1.807, 2.05) is 43.3 Å². The van der Waals surface area contributed by atoms with Crippen LogP contribution < -0.4 is 10.2 Å². The lowest BCUT2D eigenvalue weighted by Crippen LogP contribution is -3.12. The zero-order valence-corrected chi connectivity index (χ0v) is 18.1. The monoisotopic (exact) mass is 422 g/mol. The summed E-state index contributed by atoms with van der Waals surface area (Å²) in [7, 11) is 2.06. The van der Waals surface area contributed by atoms with E-state index in [0.29, 0.717) is 0 Å². The van der Waals surface area contributed by atoms with Crippen molar-refractivity contribution >= 4 is 44.5 Å². The van der Waals surface area contributed by atoms with Gasteiger partial charge in [-0.2, -0.15) is 0 Å². The van der Waals surface area contributed by atoms with E-state index in [0.717, 1.165) is 29.2 Å². The van der Waals surface area contributed by atoms with Gasteiger partial charge in [0, 0.05) is 12.1 Å². The summed E-state index contributed by atoms with van der Waals surface area (Å²) in [5, 5.41) is 6.22. The van der Waals surface area contributed by atoms with Gasteiger partial charge in [-0.15, -0.1) is 22.7 Å². The number of likely N-dealkylation sites (N-methyl/N-ethyl adjacent to an activating group) is 1. The minimum atomic E-state index is -0.125. The maximum Gasteiger partial charge on any atom is 0.282 e. The highest BCUT2D eigenvalue weighted by Gasteiger charge is 2.22. The number of nitrogens with zero attached hydrogens (tertiary/aromatic N) is 1. The van der Waals surface area contributed by atoms with E-state index < -0.39 is 0 Å². The molecule has 0 saturated carbocycles. The lowest BCUT2D eigenvalue weighted by atomic mass is 10.1. The molecule has 4 rings (SSSR count). The highest BCUT2D eigenvalue weighted by Crippen LogP contribution is 2.24. The lowest BCUT2D eigenvalue weighted by Gasteiger charge is -2.20. The van der Waals surface area contributed by atoms with E-state index in [1.54, 1.807) is 22.7 Å². The molecular formula is C23H24N3OS2+. The average Bonchev–Trinajstić information content (AvgIpc) is 3.37. The third-order valence-electron chi connectivity index (χ3n) is 5.08. The van der Waals surface area contributed by atoms with Gasteiger partial charge in [0.15, 0.2) is 6.04 Å². The molecule has 0 bridgehead atoms. The first-order chi connectivity index (χ1) is 14.1. The smallest absolute Gasteiger partial charge is 0.282 e. The molecule has 148 valence electrons. The molecule has 2 aromatic carbocycles. The van der Waals surface area contributed by atoms with Crippen LogP contribution in [0, 0.1) is 0 Å². The van der Waals surface area contributed by atoms with Gasteiger partial charge < -0.3 is 10.2 Å². The molecular weight excluding hydrogens is 398 g/mol. The van der Waals surface area contributed by atoms with Gasteiger partial charge in [0.25, 0.3) is 5.91 Å². The summed E-state index contributed by atoms with van der Waals surface area (Å²) in [6.07, 6.45) is 0.803. The Morgan fingerprint density at radius 2 is 1.90 bits per heavy atom. The molecule has 1 unspecified atom stereocenters. The Morgan fingerprint density at radius 1 is 1.10 bits per heavy atom. The standard InChI is InChI=1S/C23H23N3OS2/c1-16(26(2)15-19-6-5-13-28-19)23(27)24-18-11-9-17(10-12-18)14-22-25-20-7-3-4-8-21(20)29-22/h3-13,16H,14-15H2,1-2H3,(H,24,27)/p+1/t16-/m0/s1. The van der Waals surface area contributed by atoms with Crippen molar-refractivity contribution in [2.45, 2.75) is 25.9 Å². The van der Waals surface area contributed by atoms with Crippen LogP contribution in [-0.4, -0.2) is 24.0 Å². The number of amides is 1. The molecule has 0 radical (unpaired) electrons. The van der Waals surface area contributed by atoms with Crippen molar-refractivity contribution in [1.29, 1.82) is 0 Å². The van der Waals surface area contributed by atoms with E-state index in [-0.39, 0.29) is 11.9 Å². The van der Waals surface area contributed by atoms with Gasteiger partial charge in [0.2, 0.25) is 0 Å². The predicted molar refractivity (Wildman–Crippen MR) is 122 cm³/mol. The van der Waals surface area contributed by atoms with Gasteiger partial charge in [-0.25, -0.2) is 4.98 Å². The Bertz CT molecular complexity index is 1050. The first-order valence-electron chi connectivity index (χ1n) is 9.67. The van der Waals surface area contributed by atoms with Crippen molar-refractivity contribution in [1.82, 2.24) is 4.98 Å². The fourth-order valence-electron chi connectivity index (χ4n) is 3.19. The number of aromatic nitrogens is 1. The maximum atomic E-state index is 12.6. The molecule has 2 N–H and O–H groups in total. The lowest BCUT2D eigenvalue weighted by molar-refractivity contribution is -0.907. The van der Waals surface area contributed by atoms with E-state index in [4.69, 9.17) is 4.98 Å². The number of quaternary nitrogens is 1. The number of para-hydroxylation sites is 1. The summed E-state index contributed by atoms with van der Waals surface area (Å²) >= 11 is 3.46. The number of fused-ring (bicyclic) bond motifs is 1. The normalized spacial score (nSPS) is 13.3. The third kappa shape index (κ3) is 4.90. The summed E-state index contributed by atoms with van der Waals surface area (Å²) in [4.78, 5) is 19.8. The molecule has 29 heavy (non-hydrogen) atoms. The second kappa shape index (κ2) is 8.86. The molecule has 0 aliphatic carbocycles. The SMILES string of the molecule is C[C@@H](C(=O)Nc1ccc(Cc2nc3ccccc3s2)cc1)[NH+](C)Cc1cccs1. The molecule has 1 amide bonds. The second-order valence-electron chi connectivity index (χ2n) is 7.26. The topological polar surface area (TPSA) is 46.4 Å². The van der Waals surface area contributed by atoms with Gasteiger partial charge in [-0.3, -0.25) is 4.79 Å². The quantitative estimate of drug-likeness (QED) is 0.473. The van der Waals surface area contributed by atoms with E-state index in [2.05, 4.69) is 42.0 Å². The van der Waals surface area contributed by atoms with Crippen LogP contribution >= 0.6 is 22.7 Å². The number of benzene rings is 2. The molecule has 2 atom stereocenters. The Morgan fingerprint density at radius 3 is 2.62 bits per heavy atom. The zero-order chi connectivity index (χ0) is 20.2. The van der Waals surface area contributed by atoms with E-state index >= 15 is 0 Å². The Hall–Kier alpha value is -2.54. The molecule has 2 heterocycles. The highest BCUT2D eigenvalue weighted by atomic mass is 32.1. The van der Waals surface area contributed by atoms with Gasteiger partial charge in [0.05, 0.1) is 27.1 Å². The fourth-order valence-corrected chi connectivity index (χ4v) is 4.99. The number of carbonyl (C=O) groups is 1. The number of thiophene rings is 1. The molecule has 6 heteroatoms. The van der Waals surface area contributed by atoms with Crippen LogP contribution in [0.25, 0.3) is 10.2 Å². The van der Waals surface area contributed by atoms with Crippen molar-refractivity contribution in [3.8, 4) is 0 Å². The van der Waals surface area contributed by atoms with Gasteiger partial charge >= 0.3 is 0 Å². The summed E-state index contributed by atoms with van der Waals surface area (Å²) in [6, 6.07) is 20.3. The van der Waals surface area contributed by atoms with Gasteiger partial charge in [-0.1, -0.05) is 30.3 Å². The van der Waals surface area contributed by atoms with Crippen LogP contribution in [0.3, 0.4) is 0 Å². The molecule has 2 aromatic heterocycles. The summed E-state index contributed by atoms with van der Waals surface area (Å²) in [5.41, 5.74) is 3.08. The predicted octanol–water partition coefficient (Wildman–Crippen LogP) is 3.99. The van der Waals surface area contributed by atoms with E-state index in [9.17, 15) is 4.79 Å². The zero-order valence-electron chi connectivity index (χ0n) is 16.5. The molecule has 0 aliphatic rings. The van der Waals surface area contributed by atoms with Crippen LogP contribution in [0.1, 0.15) is 22.4 Å². The number of hydrogen-bond donors (Lipinski definition) is 2. The molecule has 0 spiro atoms. The number of hydrogen-bond acceptors (Lipinski definition) is 4. The molecule has 4 aromatic rings. The molecule has 0 fully saturated rings. The summed E-state index contributed by atoms with van der Waals surface area (Å²) in [5.74, 6) is 0.0398. The number of rotatable bonds is 7. The minimum Gasteiger partial charge on any atom is -0.323 e. The van der Waals surface area contributed by atoms with Gasteiger partial charge in [0.1, 0.15) is 6.54 Å². The summed E-state index contributed by atoms with van der Waals surface area (Å²) in [6.45, 7) is 2.83. The first-order valence-corrected chi connectivity index (χ1v) is 11.4. The van der Waals surface area contributed by atoms with Crippen LogP contribution in [0.2, 0.25) is 0 Å². The van der Waals surface area contributed by atoms with Crippen LogP contribution in [-0.2, 0) is 17.8 Å². The highest BCUT2D eigenvalue weighted by molar-refractivity contribution is 7.18. The molecule has 0 saturated heterocycles. The van der Waals surface area contributed by atoms with E-state index in [1.165, 1.54) is 20.0 Å². The third-order valence-corrected chi connectivity index (χ3v) is 6.99. The molecule has 4 nitrogen and oxygen atoms in total. The second-order valence-corrected chi connectivity index (χ2v) is 9.41. The number of nitrogens with one attached hydrogen (secondary N) is 2. The number of carbonyl (C=O) groups excluding carboxylic acids is 1. The van der Waals surface area contributed by atoms with Crippen LogP contribution in [0.15, 0.2) is 66.0 Å². The van der Waals surface area contributed by atoms with Crippen molar-refractivity contribution < 1.29 is 9.69 Å². The van der Waals surface area contributed by atoms with Crippen LogP contribution in [0.5, 0.6) is 0 Å². The fraction of sp³-hybridized carbons (Fsp3) is 0.217. The number of anilines is 1. The average molecular weight is 423 g/mol. The minimum absolute atomic E-state index is 0.0398. The Balaban J connectivity index is 1.35.